The Morgan fingerprint density at radius 3 is 0.925 bits per heavy atom. The van der Waals surface area contributed by atoms with Gasteiger partial charge in [-0.15, -0.1) is 91.2 Å². The van der Waals surface area contributed by atoms with Crippen molar-refractivity contribution >= 4 is 90.3 Å². The van der Waals surface area contributed by atoms with Crippen LogP contribution in [0, 0.1) is 0 Å². The first-order chi connectivity index (χ1) is 16.7. The molecule has 0 aliphatic carbocycles. The monoisotopic (exact) mass is 880 g/mol. The first-order valence-electron chi connectivity index (χ1n) is 11.5. The van der Waals surface area contributed by atoms with Gasteiger partial charge >= 0.3 is 0 Å². The summed E-state index contributed by atoms with van der Waals surface area (Å²) in [7, 11) is 0. The van der Waals surface area contributed by atoms with E-state index in [4.69, 9.17) is 0 Å². The third kappa shape index (κ3) is 21.2. The molecule has 0 heterocycles. The molecule has 40 heavy (non-hydrogen) atoms. The van der Waals surface area contributed by atoms with Crippen LogP contribution >= 0.6 is 90.3 Å². The molecule has 0 saturated heterocycles. The van der Waals surface area contributed by atoms with Gasteiger partial charge in [-0.2, -0.15) is 0 Å². The molecular weight excluding hydrogens is 842 g/mol. The first kappa shape index (κ1) is 47.4. The minimum Gasteiger partial charge on any atom is -0.317 e. The Labute approximate surface area is 281 Å². The normalized spacial score (nSPS) is 11.6. The molecular formula is C24H42Br4F6N4S2. The highest BCUT2D eigenvalue weighted by Crippen LogP contribution is 2.61. The van der Waals surface area contributed by atoms with Crippen LogP contribution in [-0.4, -0.2) is 39.3 Å². The summed E-state index contributed by atoms with van der Waals surface area (Å²) in [4.78, 5) is -1.09. The predicted molar refractivity (Wildman–Crippen MR) is 182 cm³/mol. The fourth-order valence-corrected chi connectivity index (χ4v) is 4.14. The molecule has 0 saturated carbocycles. The predicted octanol–water partition coefficient (Wildman–Crippen LogP) is 9.50. The third-order valence-corrected chi connectivity index (χ3v) is 6.77. The van der Waals surface area contributed by atoms with Crippen molar-refractivity contribution in [2.24, 2.45) is 0 Å². The molecule has 2 rings (SSSR count). The molecule has 2 aromatic carbocycles. The third-order valence-electron chi connectivity index (χ3n) is 5.16. The molecule has 16 heteroatoms. The van der Waals surface area contributed by atoms with Crippen LogP contribution in [0.25, 0.3) is 0 Å². The Kier molecular flexibility index (Phi) is 30.7. The fraction of sp³-hybridized carbons (Fsp3) is 0.500. The van der Waals surface area contributed by atoms with Crippen LogP contribution in [0.3, 0.4) is 0 Å². The van der Waals surface area contributed by atoms with Gasteiger partial charge in [-0.05, 0) is 93.9 Å². The second kappa shape index (κ2) is 25.9. The smallest absolute Gasteiger partial charge is 0.237 e. The number of rotatable bonds is 18. The summed E-state index contributed by atoms with van der Waals surface area (Å²) in [6.45, 7) is 6.24. The summed E-state index contributed by atoms with van der Waals surface area (Å²) in [6.07, 6.45) is 2.87. The Balaban J connectivity index is -0.00000130. The lowest BCUT2D eigenvalue weighted by molar-refractivity contribution is 0.551. The van der Waals surface area contributed by atoms with Crippen molar-refractivity contribution in [3.05, 3.63) is 59.7 Å². The molecule has 0 aliphatic rings. The molecule has 0 aliphatic heterocycles. The van der Waals surface area contributed by atoms with Crippen molar-refractivity contribution < 1.29 is 23.3 Å². The number of halogens is 10. The minimum atomic E-state index is -5.15. The zero-order chi connectivity index (χ0) is 25.6. The van der Waals surface area contributed by atoms with Crippen molar-refractivity contribution in [3.63, 3.8) is 0 Å². The summed E-state index contributed by atoms with van der Waals surface area (Å²) in [6, 6.07) is 10.6. The van der Waals surface area contributed by atoms with E-state index in [1.165, 1.54) is 24.3 Å². The maximum atomic E-state index is 12.6. The van der Waals surface area contributed by atoms with Crippen molar-refractivity contribution in [2.45, 2.75) is 49.6 Å². The zero-order valence-corrected chi connectivity index (χ0v) is 29.6. The quantitative estimate of drug-likeness (QED) is 0.0891. The highest BCUT2D eigenvalue weighted by atomic mass is 79.9. The van der Waals surface area contributed by atoms with Crippen LogP contribution in [0.15, 0.2) is 58.3 Å². The molecule has 0 atom stereocenters. The number of nitrogens with one attached hydrogen (secondary N) is 4. The summed E-state index contributed by atoms with van der Waals surface area (Å²) >= 11 is -10.3. The van der Waals surface area contributed by atoms with E-state index in [2.05, 4.69) is 21.3 Å². The van der Waals surface area contributed by atoms with E-state index in [-0.39, 0.29) is 75.4 Å². The Hall–Kier alpha value is 0.480. The lowest BCUT2D eigenvalue weighted by Gasteiger charge is -2.11. The molecule has 0 fully saturated rings. The van der Waals surface area contributed by atoms with E-state index in [1.807, 2.05) is 0 Å². The van der Waals surface area contributed by atoms with Gasteiger partial charge in [0.15, 0.2) is 0 Å². The van der Waals surface area contributed by atoms with Gasteiger partial charge in [0.25, 0.3) is 0 Å². The van der Waals surface area contributed by atoms with Gasteiger partial charge in [-0.25, -0.2) is 0 Å². The van der Waals surface area contributed by atoms with Crippen LogP contribution in [0.4, 0.5) is 23.3 Å². The summed E-state index contributed by atoms with van der Waals surface area (Å²) in [5.74, 6) is 0. The molecule has 240 valence electrons. The van der Waals surface area contributed by atoms with Crippen molar-refractivity contribution in [1.82, 2.24) is 21.3 Å². The SMILES string of the molecule is Br.Br.Br.Br.C.FS(F)(F)c1ccc(CNCCCNCCCNCCCNCc2ccc(S(F)(F)F)cc2)cc1. The van der Waals surface area contributed by atoms with Crippen LogP contribution in [0.2, 0.25) is 0 Å². The second-order valence-electron chi connectivity index (χ2n) is 8.01. The van der Waals surface area contributed by atoms with Crippen LogP contribution < -0.4 is 21.3 Å². The Bertz CT molecular complexity index is 780. The Morgan fingerprint density at radius 1 is 0.425 bits per heavy atom. The highest BCUT2D eigenvalue weighted by molar-refractivity contribution is 8.93. The van der Waals surface area contributed by atoms with Gasteiger partial charge in [0.05, 0.1) is 9.79 Å². The maximum absolute atomic E-state index is 12.6. The molecule has 4 nitrogen and oxygen atoms in total. The van der Waals surface area contributed by atoms with Crippen molar-refractivity contribution in [3.8, 4) is 0 Å². The summed E-state index contributed by atoms with van der Waals surface area (Å²) < 4.78 is 75.7. The molecule has 0 aromatic heterocycles. The highest BCUT2D eigenvalue weighted by Gasteiger charge is 2.24. The molecule has 0 unspecified atom stereocenters. The molecule has 0 spiro atoms. The molecule has 0 bridgehead atoms. The summed E-state index contributed by atoms with van der Waals surface area (Å²) in [5.41, 5.74) is 1.68. The minimum absolute atomic E-state index is 0. The van der Waals surface area contributed by atoms with Crippen molar-refractivity contribution in [1.29, 1.82) is 0 Å². The van der Waals surface area contributed by atoms with E-state index in [1.54, 1.807) is 0 Å². The van der Waals surface area contributed by atoms with E-state index < -0.39 is 32.2 Å². The van der Waals surface area contributed by atoms with E-state index in [9.17, 15) is 23.3 Å². The van der Waals surface area contributed by atoms with Gasteiger partial charge < -0.3 is 21.3 Å². The van der Waals surface area contributed by atoms with E-state index in [0.717, 1.165) is 93.9 Å². The van der Waals surface area contributed by atoms with Crippen LogP contribution in [0.1, 0.15) is 37.8 Å². The second-order valence-corrected chi connectivity index (χ2v) is 10.6. The number of hydrogen-bond acceptors (Lipinski definition) is 4. The Morgan fingerprint density at radius 2 is 0.675 bits per heavy atom. The van der Waals surface area contributed by atoms with Gasteiger partial charge in [-0.1, -0.05) is 31.7 Å². The van der Waals surface area contributed by atoms with E-state index in [0.29, 0.717) is 13.1 Å². The standard InChI is InChI=1S/C23H34F6N4S2.CH4.4BrH/c24-34(25,26)22-8-4-20(5-9-22)18-32-16-2-14-30-12-1-13-31-15-3-17-33-19-21-6-10-23(11-7-21)35(27,28)29;;;;;/h4-11,30-33H,1-3,12-19H2;1H4;4*1H. The molecule has 4 N–H and O–H groups in total. The maximum Gasteiger partial charge on any atom is 0.237 e. The zero-order valence-electron chi connectivity index (χ0n) is 21.1. The lowest BCUT2D eigenvalue weighted by atomic mass is 10.2. The molecule has 0 radical (unpaired) electrons. The van der Waals surface area contributed by atoms with Crippen LogP contribution in [0.5, 0.6) is 0 Å². The topological polar surface area (TPSA) is 48.1 Å². The summed E-state index contributed by atoms with van der Waals surface area (Å²) in [5, 5.41) is 13.2. The fourth-order valence-electron chi connectivity index (χ4n) is 3.25. The van der Waals surface area contributed by atoms with E-state index >= 15 is 0 Å². The lowest BCUT2D eigenvalue weighted by Crippen LogP contribution is -2.26. The molecule has 0 amide bonds. The average molecular weight is 884 g/mol. The van der Waals surface area contributed by atoms with Crippen molar-refractivity contribution in [2.75, 3.05) is 39.3 Å². The first-order valence-corrected chi connectivity index (χ1v) is 14.2. The number of hydrogen-bond donors (Lipinski definition) is 4. The average Bonchev–Trinajstić information content (AvgIpc) is 2.81. The van der Waals surface area contributed by atoms with Gasteiger partial charge in [-0.3, -0.25) is 0 Å². The van der Waals surface area contributed by atoms with Gasteiger partial charge in [0.1, 0.15) is 0 Å². The number of benzene rings is 2. The van der Waals surface area contributed by atoms with Crippen LogP contribution in [-0.2, 0) is 13.1 Å². The largest absolute Gasteiger partial charge is 0.317 e. The molecule has 2 aromatic rings. The van der Waals surface area contributed by atoms with Gasteiger partial charge in [0.2, 0.25) is 22.4 Å². The van der Waals surface area contributed by atoms with Gasteiger partial charge in [0, 0.05) is 13.1 Å².